The topological polar surface area (TPSA) is 59.5 Å². The van der Waals surface area contributed by atoms with Gasteiger partial charge in [0.05, 0.1) is 11.4 Å². The van der Waals surface area contributed by atoms with Crippen LogP contribution < -0.4 is 4.90 Å². The highest BCUT2D eigenvalue weighted by atomic mass is 79.9. The summed E-state index contributed by atoms with van der Waals surface area (Å²) in [4.78, 5) is 6.30. The summed E-state index contributed by atoms with van der Waals surface area (Å²) in [6, 6.07) is 3.18. The normalized spacial score (nSPS) is 13.3. The third-order valence-electron chi connectivity index (χ3n) is 2.33. The molecule has 0 fully saturated rings. The number of anilines is 1. The molecule has 0 amide bonds. The van der Waals surface area contributed by atoms with Gasteiger partial charge in [0, 0.05) is 33.2 Å². The Morgan fingerprint density at radius 2 is 2.22 bits per heavy atom. The van der Waals surface area contributed by atoms with Crippen LogP contribution in [-0.2, 0) is 14.6 Å². The first-order valence-electron chi connectivity index (χ1n) is 5.35. The van der Waals surface area contributed by atoms with Gasteiger partial charge < -0.3 is 9.64 Å². The first kappa shape index (κ1) is 15.4. The molecule has 0 N–H and O–H groups in total. The summed E-state index contributed by atoms with van der Waals surface area (Å²) in [6.07, 6.45) is 2.77. The monoisotopic (exact) mass is 336 g/mol. The molecule has 0 bridgehead atoms. The van der Waals surface area contributed by atoms with Crippen molar-refractivity contribution in [2.75, 3.05) is 38.5 Å². The number of ether oxygens (including phenoxy) is 1. The van der Waals surface area contributed by atoms with E-state index in [-0.39, 0.29) is 9.72 Å². The highest BCUT2D eigenvalue weighted by molar-refractivity contribution is 9.09. The van der Waals surface area contributed by atoms with Crippen LogP contribution in [0.3, 0.4) is 0 Å². The van der Waals surface area contributed by atoms with Gasteiger partial charge in [0.2, 0.25) is 0 Å². The molecule has 1 aromatic rings. The molecular weight excluding hydrogens is 320 g/mol. The van der Waals surface area contributed by atoms with Crippen molar-refractivity contribution in [2.45, 2.75) is 9.72 Å². The maximum Gasteiger partial charge on any atom is 0.179 e. The van der Waals surface area contributed by atoms with E-state index in [4.69, 9.17) is 4.74 Å². The van der Waals surface area contributed by atoms with E-state index in [0.717, 1.165) is 0 Å². The fraction of sp³-hybridized carbons (Fsp3) is 0.545. The van der Waals surface area contributed by atoms with Crippen molar-refractivity contribution in [1.29, 1.82) is 0 Å². The van der Waals surface area contributed by atoms with Crippen LogP contribution in [0.2, 0.25) is 0 Å². The van der Waals surface area contributed by atoms with E-state index in [2.05, 4.69) is 20.9 Å². The Kier molecular flexibility index (Phi) is 5.55. The quantitative estimate of drug-likeness (QED) is 0.733. The minimum Gasteiger partial charge on any atom is -0.383 e. The summed E-state index contributed by atoms with van der Waals surface area (Å²) in [5.41, 5.74) is 0. The zero-order chi connectivity index (χ0) is 13.8. The Bertz CT molecular complexity index is 493. The van der Waals surface area contributed by atoms with Crippen LogP contribution in [-0.4, -0.2) is 51.8 Å². The van der Waals surface area contributed by atoms with Gasteiger partial charge in [0.1, 0.15) is 10.7 Å². The number of nitrogens with zero attached hydrogens (tertiary/aromatic N) is 2. The van der Waals surface area contributed by atoms with Gasteiger partial charge in [-0.1, -0.05) is 15.9 Å². The summed E-state index contributed by atoms with van der Waals surface area (Å²) in [5, 5.41) is 0. The molecule has 0 saturated heterocycles. The van der Waals surface area contributed by atoms with Gasteiger partial charge in [0.25, 0.3) is 0 Å². The van der Waals surface area contributed by atoms with Crippen molar-refractivity contribution < 1.29 is 13.2 Å². The summed E-state index contributed by atoms with van der Waals surface area (Å²) in [6.45, 7) is 1.15. The lowest BCUT2D eigenvalue weighted by atomic mass is 10.4. The van der Waals surface area contributed by atoms with Crippen LogP contribution in [0.15, 0.2) is 23.2 Å². The molecule has 1 aromatic heterocycles. The van der Waals surface area contributed by atoms with E-state index < -0.39 is 9.84 Å². The van der Waals surface area contributed by atoms with Crippen LogP contribution >= 0.6 is 15.9 Å². The second-order valence-electron chi connectivity index (χ2n) is 4.03. The number of aromatic nitrogens is 1. The predicted molar refractivity (Wildman–Crippen MR) is 75.2 cm³/mol. The van der Waals surface area contributed by atoms with E-state index in [1.54, 1.807) is 37.4 Å². The Labute approximate surface area is 116 Å². The van der Waals surface area contributed by atoms with E-state index in [0.29, 0.717) is 19.0 Å². The fourth-order valence-corrected chi connectivity index (χ4v) is 3.14. The first-order chi connectivity index (χ1) is 8.36. The Morgan fingerprint density at radius 1 is 1.56 bits per heavy atom. The molecule has 0 aromatic carbocycles. The van der Waals surface area contributed by atoms with Gasteiger partial charge in [-0.25, -0.2) is 13.4 Å². The molecular formula is C11H17BrN2O3S. The van der Waals surface area contributed by atoms with Crippen molar-refractivity contribution in [1.82, 2.24) is 4.98 Å². The van der Waals surface area contributed by atoms with E-state index in [1.807, 2.05) is 0 Å². The summed E-state index contributed by atoms with van der Waals surface area (Å²) >= 11 is 3.47. The molecule has 1 unspecified atom stereocenters. The maximum atomic E-state index is 11.7. The standard InChI is InChI=1S/C11H17BrN2O3S/c1-14(7-9(12)8-17-2)11-10(18(3,15)16)5-4-6-13-11/h4-6,9H,7-8H2,1-3H3. The predicted octanol–water partition coefficient (Wildman–Crippen LogP) is 1.33. The van der Waals surface area contributed by atoms with Crippen LogP contribution in [0.25, 0.3) is 0 Å². The minimum atomic E-state index is -3.28. The fourth-order valence-electron chi connectivity index (χ4n) is 1.58. The second kappa shape index (κ2) is 6.49. The number of halogens is 1. The molecule has 1 atom stereocenters. The molecule has 0 aliphatic heterocycles. The van der Waals surface area contributed by atoms with Crippen molar-refractivity contribution >= 4 is 31.6 Å². The molecule has 0 radical (unpaired) electrons. The molecule has 18 heavy (non-hydrogen) atoms. The average Bonchev–Trinajstić information content (AvgIpc) is 2.28. The van der Waals surface area contributed by atoms with Gasteiger partial charge in [-0.05, 0) is 12.1 Å². The summed E-state index contributed by atoms with van der Waals surface area (Å²) < 4.78 is 28.4. The van der Waals surface area contributed by atoms with E-state index in [9.17, 15) is 8.42 Å². The molecule has 0 aliphatic rings. The zero-order valence-electron chi connectivity index (χ0n) is 10.6. The number of hydrogen-bond acceptors (Lipinski definition) is 5. The van der Waals surface area contributed by atoms with E-state index in [1.165, 1.54) is 6.26 Å². The molecule has 0 saturated carbocycles. The lowest BCUT2D eigenvalue weighted by Gasteiger charge is -2.22. The Balaban J connectivity index is 2.96. The van der Waals surface area contributed by atoms with Crippen molar-refractivity contribution in [3.8, 4) is 0 Å². The third kappa shape index (κ3) is 4.22. The molecule has 1 heterocycles. The van der Waals surface area contributed by atoms with Gasteiger partial charge in [-0.15, -0.1) is 0 Å². The van der Waals surface area contributed by atoms with Crippen LogP contribution in [0.5, 0.6) is 0 Å². The molecule has 0 spiro atoms. The summed E-state index contributed by atoms with van der Waals surface area (Å²) in [5.74, 6) is 0.459. The maximum absolute atomic E-state index is 11.7. The number of alkyl halides is 1. The minimum absolute atomic E-state index is 0.113. The van der Waals surface area contributed by atoms with Crippen LogP contribution in [0, 0.1) is 0 Å². The largest absolute Gasteiger partial charge is 0.383 e. The molecule has 1 rings (SSSR count). The Hall–Kier alpha value is -0.660. The van der Waals surface area contributed by atoms with Gasteiger partial charge in [-0.2, -0.15) is 0 Å². The molecule has 7 heteroatoms. The van der Waals surface area contributed by atoms with Crippen molar-refractivity contribution in [3.05, 3.63) is 18.3 Å². The Morgan fingerprint density at radius 3 is 2.78 bits per heavy atom. The number of methoxy groups -OCH3 is 1. The second-order valence-corrected chi connectivity index (χ2v) is 7.31. The van der Waals surface area contributed by atoms with Gasteiger partial charge in [0.15, 0.2) is 9.84 Å². The third-order valence-corrected chi connectivity index (χ3v) is 4.00. The number of sulfone groups is 1. The van der Waals surface area contributed by atoms with Crippen molar-refractivity contribution in [3.63, 3.8) is 0 Å². The lowest BCUT2D eigenvalue weighted by molar-refractivity contribution is 0.201. The SMILES string of the molecule is COCC(Br)CN(C)c1ncccc1S(C)(=O)=O. The number of hydrogen-bond donors (Lipinski definition) is 0. The van der Waals surface area contributed by atoms with Gasteiger partial charge in [-0.3, -0.25) is 0 Å². The number of pyridine rings is 1. The van der Waals surface area contributed by atoms with Crippen molar-refractivity contribution in [2.24, 2.45) is 0 Å². The molecule has 5 nitrogen and oxygen atoms in total. The van der Waals surface area contributed by atoms with Crippen LogP contribution in [0.1, 0.15) is 0 Å². The number of rotatable bonds is 6. The highest BCUT2D eigenvalue weighted by Crippen LogP contribution is 2.21. The smallest absolute Gasteiger partial charge is 0.179 e. The molecule has 0 aliphatic carbocycles. The first-order valence-corrected chi connectivity index (χ1v) is 8.16. The highest BCUT2D eigenvalue weighted by Gasteiger charge is 2.18. The lowest BCUT2D eigenvalue weighted by Crippen LogP contribution is -2.30. The van der Waals surface area contributed by atoms with Gasteiger partial charge >= 0.3 is 0 Å². The summed E-state index contributed by atoms with van der Waals surface area (Å²) in [7, 11) is 0.151. The van der Waals surface area contributed by atoms with E-state index >= 15 is 0 Å². The van der Waals surface area contributed by atoms with Crippen LogP contribution in [0.4, 0.5) is 5.82 Å². The molecule has 102 valence electrons. The zero-order valence-corrected chi connectivity index (χ0v) is 13.0. The average molecular weight is 337 g/mol.